The van der Waals surface area contributed by atoms with E-state index in [0.29, 0.717) is 19.3 Å². The van der Waals surface area contributed by atoms with E-state index in [9.17, 15) is 0 Å². The fourth-order valence-corrected chi connectivity index (χ4v) is 3.03. The molecule has 2 aliphatic heterocycles. The van der Waals surface area contributed by atoms with Crippen LogP contribution in [0.3, 0.4) is 0 Å². The first-order chi connectivity index (χ1) is 10.9. The van der Waals surface area contributed by atoms with Gasteiger partial charge in [0.15, 0.2) is 17.4 Å². The van der Waals surface area contributed by atoms with Crippen LogP contribution in [-0.4, -0.2) is 26.5 Å². The second kappa shape index (κ2) is 5.83. The van der Waals surface area contributed by atoms with Crippen LogP contribution in [0.15, 0.2) is 41.0 Å². The van der Waals surface area contributed by atoms with Crippen LogP contribution in [0.5, 0.6) is 17.2 Å². The summed E-state index contributed by atoms with van der Waals surface area (Å²) >= 11 is 0. The predicted molar refractivity (Wildman–Crippen MR) is 81.7 cm³/mol. The number of fused-ring (bicyclic) bond motifs is 1. The molecule has 0 saturated carbocycles. The summed E-state index contributed by atoms with van der Waals surface area (Å²) in [6, 6.07) is 9.67. The van der Waals surface area contributed by atoms with E-state index in [-0.39, 0.29) is 0 Å². The maximum absolute atomic E-state index is 5.94. The Labute approximate surface area is 129 Å². The van der Waals surface area contributed by atoms with Gasteiger partial charge in [-0.25, -0.2) is 0 Å². The van der Waals surface area contributed by atoms with Gasteiger partial charge in [-0.2, -0.15) is 0 Å². The number of piperidine rings is 1. The zero-order valence-electron chi connectivity index (χ0n) is 12.4. The van der Waals surface area contributed by atoms with Crippen molar-refractivity contribution in [3.63, 3.8) is 0 Å². The van der Waals surface area contributed by atoms with Crippen LogP contribution in [0, 0.1) is 5.92 Å². The molecule has 1 aromatic carbocycles. The molecule has 1 unspecified atom stereocenters. The summed E-state index contributed by atoms with van der Waals surface area (Å²) in [5.41, 5.74) is 0. The third-order valence-electron chi connectivity index (χ3n) is 4.17. The molecule has 22 heavy (non-hydrogen) atoms. The van der Waals surface area contributed by atoms with E-state index < -0.39 is 0 Å². The maximum Gasteiger partial charge on any atom is 0.231 e. The number of ether oxygens (including phenoxy) is 3. The number of rotatable bonds is 4. The third-order valence-corrected chi connectivity index (χ3v) is 4.17. The number of hydrogen-bond acceptors (Lipinski definition) is 5. The molecule has 0 radical (unpaired) electrons. The van der Waals surface area contributed by atoms with Crippen LogP contribution in [0.25, 0.3) is 0 Å². The molecule has 0 bridgehead atoms. The fourth-order valence-electron chi connectivity index (χ4n) is 3.03. The molecule has 2 aromatic rings. The first-order valence-electron chi connectivity index (χ1n) is 7.69. The highest BCUT2D eigenvalue weighted by molar-refractivity contribution is 5.46. The second-order valence-corrected chi connectivity index (χ2v) is 5.73. The molecular formula is C17H19NO4. The zero-order chi connectivity index (χ0) is 14.8. The van der Waals surface area contributed by atoms with E-state index in [2.05, 4.69) is 4.90 Å². The number of anilines is 1. The van der Waals surface area contributed by atoms with Crippen LogP contribution < -0.4 is 19.1 Å². The van der Waals surface area contributed by atoms with Gasteiger partial charge in [0, 0.05) is 31.1 Å². The van der Waals surface area contributed by atoms with Gasteiger partial charge in [0.2, 0.25) is 6.79 Å². The van der Waals surface area contributed by atoms with E-state index in [4.69, 9.17) is 18.6 Å². The molecule has 0 amide bonds. The molecule has 4 rings (SSSR count). The minimum atomic E-state index is 0.291. The Morgan fingerprint density at radius 2 is 2.14 bits per heavy atom. The number of furan rings is 1. The lowest BCUT2D eigenvalue weighted by molar-refractivity contribution is 0.173. The lowest BCUT2D eigenvalue weighted by Crippen LogP contribution is -2.37. The summed E-state index contributed by atoms with van der Waals surface area (Å²) in [5.74, 6) is 3.84. The average molecular weight is 301 g/mol. The van der Waals surface area contributed by atoms with Crippen molar-refractivity contribution < 1.29 is 18.6 Å². The molecule has 5 heteroatoms. The van der Waals surface area contributed by atoms with Crippen molar-refractivity contribution in [2.45, 2.75) is 12.8 Å². The second-order valence-electron chi connectivity index (χ2n) is 5.73. The number of nitrogens with zero attached hydrogens (tertiary/aromatic N) is 1. The fraction of sp³-hybridized carbons (Fsp3) is 0.412. The van der Waals surface area contributed by atoms with Crippen LogP contribution in [0.2, 0.25) is 0 Å². The van der Waals surface area contributed by atoms with Gasteiger partial charge in [0.05, 0.1) is 12.9 Å². The van der Waals surface area contributed by atoms with Gasteiger partial charge in [-0.3, -0.25) is 0 Å². The lowest BCUT2D eigenvalue weighted by atomic mass is 9.99. The summed E-state index contributed by atoms with van der Waals surface area (Å²) in [4.78, 5) is 2.29. The highest BCUT2D eigenvalue weighted by Crippen LogP contribution is 2.35. The molecular weight excluding hydrogens is 282 g/mol. The zero-order valence-corrected chi connectivity index (χ0v) is 12.4. The first kappa shape index (κ1) is 13.4. The van der Waals surface area contributed by atoms with Gasteiger partial charge in [0.25, 0.3) is 0 Å². The van der Waals surface area contributed by atoms with Crippen molar-refractivity contribution in [3.05, 3.63) is 36.6 Å². The van der Waals surface area contributed by atoms with Crippen molar-refractivity contribution >= 4 is 5.88 Å². The molecule has 1 aromatic heterocycles. The monoisotopic (exact) mass is 301 g/mol. The predicted octanol–water partition coefficient (Wildman–Crippen LogP) is 3.30. The molecule has 1 fully saturated rings. The minimum absolute atomic E-state index is 0.291. The van der Waals surface area contributed by atoms with Crippen LogP contribution >= 0.6 is 0 Å². The van der Waals surface area contributed by atoms with Gasteiger partial charge < -0.3 is 23.5 Å². The summed E-state index contributed by atoms with van der Waals surface area (Å²) < 4.78 is 22.1. The van der Waals surface area contributed by atoms with Crippen LogP contribution in [0.4, 0.5) is 5.88 Å². The summed E-state index contributed by atoms with van der Waals surface area (Å²) in [6.45, 7) is 3.02. The van der Waals surface area contributed by atoms with Crippen molar-refractivity contribution in [1.29, 1.82) is 0 Å². The summed E-state index contributed by atoms with van der Waals surface area (Å²) in [6.07, 6.45) is 4.07. The van der Waals surface area contributed by atoms with Crippen LogP contribution in [-0.2, 0) is 0 Å². The van der Waals surface area contributed by atoms with E-state index in [1.807, 2.05) is 30.3 Å². The van der Waals surface area contributed by atoms with Gasteiger partial charge in [-0.15, -0.1) is 0 Å². The number of benzene rings is 1. The molecule has 0 aliphatic carbocycles. The normalized spacial score (nSPS) is 20.2. The molecule has 3 heterocycles. The Morgan fingerprint density at radius 3 is 3.05 bits per heavy atom. The highest BCUT2D eigenvalue weighted by Gasteiger charge is 2.22. The summed E-state index contributed by atoms with van der Waals surface area (Å²) in [5, 5.41) is 0. The van der Waals surface area contributed by atoms with Crippen molar-refractivity contribution in [1.82, 2.24) is 0 Å². The Morgan fingerprint density at radius 1 is 1.18 bits per heavy atom. The van der Waals surface area contributed by atoms with E-state index in [1.165, 1.54) is 6.42 Å². The first-order valence-corrected chi connectivity index (χ1v) is 7.69. The van der Waals surface area contributed by atoms with Gasteiger partial charge in [-0.05, 0) is 31.0 Å². The van der Waals surface area contributed by atoms with Gasteiger partial charge in [0.1, 0.15) is 5.75 Å². The van der Waals surface area contributed by atoms with Gasteiger partial charge in [-0.1, -0.05) is 0 Å². The van der Waals surface area contributed by atoms with Crippen molar-refractivity contribution in [2.75, 3.05) is 31.4 Å². The molecule has 2 aliphatic rings. The molecule has 1 atom stereocenters. The Kier molecular flexibility index (Phi) is 3.54. The lowest BCUT2D eigenvalue weighted by Gasteiger charge is -2.32. The SMILES string of the molecule is c1coc(N2CCCC(COc3ccc4c(c3)OCO4)C2)c1. The standard InChI is InChI=1S/C17H19NO4/c1-3-13(10-18(7-1)17-4-2-8-19-17)11-20-14-5-6-15-16(9-14)22-12-21-15/h2,4-6,8-9,13H,1,3,7,10-12H2. The smallest absolute Gasteiger partial charge is 0.231 e. The third kappa shape index (κ3) is 2.71. The Bertz CT molecular complexity index is 626. The molecule has 1 saturated heterocycles. The van der Waals surface area contributed by atoms with Gasteiger partial charge >= 0.3 is 0 Å². The van der Waals surface area contributed by atoms with Crippen molar-refractivity contribution in [2.24, 2.45) is 5.92 Å². The quantitative estimate of drug-likeness (QED) is 0.867. The minimum Gasteiger partial charge on any atom is -0.493 e. The maximum atomic E-state index is 5.94. The van der Waals surface area contributed by atoms with E-state index in [1.54, 1.807) is 6.26 Å². The summed E-state index contributed by atoms with van der Waals surface area (Å²) in [7, 11) is 0. The highest BCUT2D eigenvalue weighted by atomic mass is 16.7. The van der Waals surface area contributed by atoms with E-state index >= 15 is 0 Å². The molecule has 0 N–H and O–H groups in total. The molecule has 116 valence electrons. The molecule has 0 spiro atoms. The average Bonchev–Trinajstić information content (AvgIpc) is 3.24. The molecule has 5 nitrogen and oxygen atoms in total. The van der Waals surface area contributed by atoms with E-state index in [0.717, 1.165) is 42.6 Å². The van der Waals surface area contributed by atoms with Crippen LogP contribution in [0.1, 0.15) is 12.8 Å². The Hall–Kier alpha value is -2.30. The number of hydrogen-bond donors (Lipinski definition) is 0. The Balaban J connectivity index is 1.35. The van der Waals surface area contributed by atoms with Crippen molar-refractivity contribution in [3.8, 4) is 17.2 Å². The largest absolute Gasteiger partial charge is 0.493 e. The topological polar surface area (TPSA) is 44.1 Å².